The summed E-state index contributed by atoms with van der Waals surface area (Å²) in [5.74, 6) is 0.904. The van der Waals surface area contributed by atoms with Gasteiger partial charge < -0.3 is 0 Å². The van der Waals surface area contributed by atoms with E-state index in [1.54, 1.807) is 0 Å². The van der Waals surface area contributed by atoms with Crippen LogP contribution in [0.3, 0.4) is 0 Å². The van der Waals surface area contributed by atoms with E-state index in [1.165, 1.54) is 38.5 Å². The highest BCUT2D eigenvalue weighted by Crippen LogP contribution is 2.09. The van der Waals surface area contributed by atoms with Gasteiger partial charge in [-0.2, -0.15) is 0 Å². The Morgan fingerprint density at radius 2 is 1.50 bits per heavy atom. The molecule has 0 saturated heterocycles. The molecule has 3 nitrogen and oxygen atoms in total. The predicted octanol–water partition coefficient (Wildman–Crippen LogP) is 3.63. The minimum absolute atomic E-state index is 0.904. The van der Waals surface area contributed by atoms with Gasteiger partial charge in [0, 0.05) is 4.57 Å². The lowest BCUT2D eigenvalue weighted by molar-refractivity contribution is 0.405. The van der Waals surface area contributed by atoms with Gasteiger partial charge in [-0.25, -0.2) is 0 Å². The van der Waals surface area contributed by atoms with Gasteiger partial charge in [0.2, 0.25) is 0 Å². The Balaban J connectivity index is 0. The molecule has 0 bridgehead atoms. The van der Waals surface area contributed by atoms with Crippen LogP contribution in [0.25, 0.3) is 0 Å². The zero-order chi connectivity index (χ0) is 11.4. The average molecular weight is 223 g/mol. The van der Waals surface area contributed by atoms with Crippen molar-refractivity contribution in [3.05, 3.63) is 0 Å². The Kier molecular flexibility index (Phi) is 15.3. The Morgan fingerprint density at radius 1 is 1.07 bits per heavy atom. The monoisotopic (exact) mass is 223 g/mol. The van der Waals surface area contributed by atoms with E-state index in [2.05, 4.69) is 20.8 Å². The van der Waals surface area contributed by atoms with E-state index in [0.29, 0.717) is 0 Å². The first-order valence-corrected chi connectivity index (χ1v) is 6.52. The molecule has 0 fully saturated rings. The third-order valence-electron chi connectivity index (χ3n) is 1.89. The van der Waals surface area contributed by atoms with E-state index < -0.39 is 8.25 Å². The molecule has 4 heteroatoms. The zero-order valence-electron chi connectivity index (χ0n) is 9.57. The number of hydrogen-bond donors (Lipinski definition) is 2. The molecule has 0 spiro atoms. The van der Waals surface area contributed by atoms with Gasteiger partial charge >= 0.3 is 8.25 Å². The number of unbranched alkanes of at least 4 members (excludes halogenated alkanes) is 4. The fourth-order valence-corrected chi connectivity index (χ4v) is 1.16. The summed E-state index contributed by atoms with van der Waals surface area (Å²) in [4.78, 5) is 14.2. The quantitative estimate of drug-likeness (QED) is 0.534. The van der Waals surface area contributed by atoms with E-state index in [1.807, 2.05) is 0 Å². The highest BCUT2D eigenvalue weighted by atomic mass is 31.1. The van der Waals surface area contributed by atoms with Crippen LogP contribution in [0.2, 0.25) is 0 Å². The summed E-state index contributed by atoms with van der Waals surface area (Å²) in [5.41, 5.74) is 0. The lowest BCUT2D eigenvalue weighted by Crippen LogP contribution is -1.86. The molecule has 0 saturated carbocycles. The van der Waals surface area contributed by atoms with E-state index >= 15 is 0 Å². The fraction of sp³-hybridized carbons (Fsp3) is 1.00. The molecule has 0 aliphatic heterocycles. The van der Waals surface area contributed by atoms with Crippen molar-refractivity contribution in [2.45, 2.75) is 59.3 Å². The van der Waals surface area contributed by atoms with Crippen molar-refractivity contribution in [3.8, 4) is 0 Å². The molecule has 14 heavy (non-hydrogen) atoms. The molecule has 0 amide bonds. The molecule has 0 aromatic rings. The average Bonchev–Trinajstić information content (AvgIpc) is 2.02. The van der Waals surface area contributed by atoms with Crippen molar-refractivity contribution in [2.75, 3.05) is 0 Å². The summed E-state index contributed by atoms with van der Waals surface area (Å²) in [6.45, 7) is 6.88. The zero-order valence-corrected chi connectivity index (χ0v) is 10.5. The van der Waals surface area contributed by atoms with Crippen molar-refractivity contribution in [1.29, 1.82) is 0 Å². The highest BCUT2D eigenvalue weighted by molar-refractivity contribution is 7.30. The predicted molar refractivity (Wildman–Crippen MR) is 60.3 cm³/mol. The molecule has 0 aromatic heterocycles. The summed E-state index contributed by atoms with van der Waals surface area (Å²) in [7, 11) is -2.87. The van der Waals surface area contributed by atoms with Crippen molar-refractivity contribution in [1.82, 2.24) is 0 Å². The van der Waals surface area contributed by atoms with Crippen LogP contribution in [0.4, 0.5) is 0 Å². The van der Waals surface area contributed by atoms with Crippen LogP contribution in [0.5, 0.6) is 0 Å². The molecule has 2 N–H and O–H groups in total. The van der Waals surface area contributed by atoms with Gasteiger partial charge in [-0.1, -0.05) is 59.3 Å². The van der Waals surface area contributed by atoms with Crippen molar-refractivity contribution in [2.24, 2.45) is 5.92 Å². The number of hydrogen-bond acceptors (Lipinski definition) is 1. The standard InChI is InChI=1S/C10H22.HO3P/c1-4-5-6-7-8-9-10(2)3;1-4(2)3/h10H,4-9H2,1-3H3;(H-,1,2,3)/p+1. The molecule has 0 aromatic carbocycles. The molecular weight excluding hydrogens is 199 g/mol. The van der Waals surface area contributed by atoms with Gasteiger partial charge in [0.1, 0.15) is 0 Å². The summed E-state index contributed by atoms with van der Waals surface area (Å²) < 4.78 is 8.70. The minimum atomic E-state index is -2.87. The molecule has 0 aliphatic carbocycles. The van der Waals surface area contributed by atoms with Crippen LogP contribution in [-0.2, 0) is 4.57 Å². The van der Waals surface area contributed by atoms with E-state index in [4.69, 9.17) is 14.4 Å². The molecule has 0 atom stereocenters. The van der Waals surface area contributed by atoms with E-state index in [0.717, 1.165) is 5.92 Å². The van der Waals surface area contributed by atoms with Crippen LogP contribution in [0, 0.1) is 5.92 Å². The minimum Gasteiger partial charge on any atom is -0.134 e. The molecule has 0 aliphatic rings. The third-order valence-corrected chi connectivity index (χ3v) is 1.89. The Labute approximate surface area is 88.5 Å². The first-order valence-electron chi connectivity index (χ1n) is 5.35. The van der Waals surface area contributed by atoms with Gasteiger partial charge in [-0.3, -0.25) is 0 Å². The Bertz CT molecular complexity index is 123. The fourth-order valence-electron chi connectivity index (χ4n) is 1.16. The molecular formula is C10H24O3P+. The SMILES string of the molecule is CCCCCCCC(C)C.O=[P+](O)O. The van der Waals surface area contributed by atoms with Crippen LogP contribution in [0.1, 0.15) is 59.3 Å². The van der Waals surface area contributed by atoms with Crippen molar-refractivity contribution >= 4 is 8.25 Å². The first-order chi connectivity index (χ1) is 6.50. The Morgan fingerprint density at radius 3 is 1.86 bits per heavy atom. The highest BCUT2D eigenvalue weighted by Gasteiger charge is 1.93. The lowest BCUT2D eigenvalue weighted by Gasteiger charge is -2.02. The summed E-state index contributed by atoms with van der Waals surface area (Å²) in [6, 6.07) is 0. The van der Waals surface area contributed by atoms with Crippen LogP contribution >= 0.6 is 8.25 Å². The second-order valence-electron chi connectivity index (χ2n) is 3.85. The second-order valence-corrected chi connectivity index (χ2v) is 4.35. The normalized spacial score (nSPS) is 9.57. The largest absolute Gasteiger partial charge is 0.692 e. The molecule has 86 valence electrons. The number of rotatable bonds is 6. The van der Waals surface area contributed by atoms with Gasteiger partial charge in [0.25, 0.3) is 0 Å². The molecule has 0 radical (unpaired) electrons. The smallest absolute Gasteiger partial charge is 0.134 e. The maximum absolute atomic E-state index is 8.70. The van der Waals surface area contributed by atoms with Crippen LogP contribution < -0.4 is 0 Å². The molecule has 0 rings (SSSR count). The molecule has 0 unspecified atom stereocenters. The van der Waals surface area contributed by atoms with Gasteiger partial charge in [0.15, 0.2) is 0 Å². The first kappa shape index (κ1) is 16.4. The van der Waals surface area contributed by atoms with Gasteiger partial charge in [-0.05, 0) is 5.92 Å². The van der Waals surface area contributed by atoms with Crippen molar-refractivity contribution < 1.29 is 14.4 Å². The summed E-state index contributed by atoms with van der Waals surface area (Å²) in [5, 5.41) is 0. The van der Waals surface area contributed by atoms with Gasteiger partial charge in [0.05, 0.1) is 0 Å². The Hall–Kier alpha value is 0.0200. The van der Waals surface area contributed by atoms with Crippen LogP contribution in [-0.4, -0.2) is 9.79 Å². The topological polar surface area (TPSA) is 57.5 Å². The van der Waals surface area contributed by atoms with E-state index in [-0.39, 0.29) is 0 Å². The lowest BCUT2D eigenvalue weighted by atomic mass is 10.0. The maximum Gasteiger partial charge on any atom is 0.692 e. The van der Waals surface area contributed by atoms with Crippen molar-refractivity contribution in [3.63, 3.8) is 0 Å². The summed E-state index contributed by atoms with van der Waals surface area (Å²) in [6.07, 6.45) is 8.55. The summed E-state index contributed by atoms with van der Waals surface area (Å²) >= 11 is 0. The second kappa shape index (κ2) is 13.0. The maximum atomic E-state index is 8.70. The third kappa shape index (κ3) is 29.6. The van der Waals surface area contributed by atoms with Crippen LogP contribution in [0.15, 0.2) is 0 Å². The molecule has 0 heterocycles. The van der Waals surface area contributed by atoms with Gasteiger partial charge in [-0.15, -0.1) is 9.79 Å². The van der Waals surface area contributed by atoms with E-state index in [9.17, 15) is 0 Å².